The maximum absolute atomic E-state index is 11.9. The van der Waals surface area contributed by atoms with Gasteiger partial charge in [0.15, 0.2) is 16.3 Å². The van der Waals surface area contributed by atoms with Crippen molar-refractivity contribution in [3.05, 3.63) is 59.0 Å². The van der Waals surface area contributed by atoms with Crippen LogP contribution in [0.2, 0.25) is 0 Å². The fraction of sp³-hybridized carbons (Fsp3) is 0.0667. The summed E-state index contributed by atoms with van der Waals surface area (Å²) >= 11 is 3.16. The average molecular weight is 347 g/mol. The Hall–Kier alpha value is -2.34. The number of furan rings is 1. The van der Waals surface area contributed by atoms with Gasteiger partial charge in [0.2, 0.25) is 0 Å². The van der Waals surface area contributed by atoms with E-state index in [0.717, 1.165) is 11.3 Å². The highest BCUT2D eigenvalue weighted by atomic mass is 79.9. The van der Waals surface area contributed by atoms with E-state index in [1.54, 1.807) is 37.5 Å². The second-order valence-electron chi connectivity index (χ2n) is 4.39. The number of anilines is 1. The topological polar surface area (TPSA) is 68.3 Å². The monoisotopic (exact) mass is 346 g/mol. The quantitative estimate of drug-likeness (QED) is 0.769. The van der Waals surface area contributed by atoms with Crippen LogP contribution in [-0.2, 0) is 0 Å². The van der Waals surface area contributed by atoms with Gasteiger partial charge in [0.25, 0.3) is 5.91 Å². The van der Waals surface area contributed by atoms with Crippen LogP contribution in [0.15, 0.2) is 56.2 Å². The number of carbonyl (C=O) groups is 1. The molecular formula is C15H11BrN2O3. The van der Waals surface area contributed by atoms with Crippen molar-refractivity contribution in [3.8, 4) is 11.3 Å². The number of benzene rings is 1. The normalized spacial score (nSPS) is 10.6. The van der Waals surface area contributed by atoms with Gasteiger partial charge in [0.05, 0.1) is 0 Å². The van der Waals surface area contributed by atoms with Crippen molar-refractivity contribution in [1.82, 2.24) is 4.98 Å². The molecule has 0 radical (unpaired) electrons. The third-order valence-electron chi connectivity index (χ3n) is 2.85. The molecule has 1 N–H and O–H groups in total. The van der Waals surface area contributed by atoms with Gasteiger partial charge in [-0.15, -0.1) is 0 Å². The number of rotatable bonds is 3. The summed E-state index contributed by atoms with van der Waals surface area (Å²) < 4.78 is 10.9. The first-order valence-electron chi connectivity index (χ1n) is 6.21. The van der Waals surface area contributed by atoms with E-state index < -0.39 is 0 Å². The van der Waals surface area contributed by atoms with Crippen LogP contribution in [-0.4, -0.2) is 10.9 Å². The van der Waals surface area contributed by atoms with E-state index in [1.165, 1.54) is 0 Å². The van der Waals surface area contributed by atoms with Gasteiger partial charge in [-0.1, -0.05) is 12.1 Å². The van der Waals surface area contributed by atoms with Crippen LogP contribution < -0.4 is 5.32 Å². The number of carbonyl (C=O) groups excluding carboxylic acids is 1. The summed E-state index contributed by atoms with van der Waals surface area (Å²) in [4.78, 5) is 16.2. The number of nitrogens with one attached hydrogen (secondary N) is 1. The zero-order valence-corrected chi connectivity index (χ0v) is 12.7. The molecule has 0 spiro atoms. The molecule has 0 atom stereocenters. The molecule has 1 amide bonds. The SMILES string of the molecule is Cc1nc(-c2ccc(NC(=O)c3ccc(Br)o3)cc2)co1. The van der Waals surface area contributed by atoms with E-state index in [9.17, 15) is 4.79 Å². The molecule has 0 saturated carbocycles. The maximum Gasteiger partial charge on any atom is 0.291 e. The van der Waals surface area contributed by atoms with Gasteiger partial charge in [0, 0.05) is 18.2 Å². The number of hydrogen-bond donors (Lipinski definition) is 1. The van der Waals surface area contributed by atoms with E-state index in [0.29, 0.717) is 16.2 Å². The molecule has 2 aromatic heterocycles. The molecule has 0 fully saturated rings. The lowest BCUT2D eigenvalue weighted by molar-refractivity contribution is 0.0995. The minimum Gasteiger partial charge on any atom is -0.449 e. The smallest absolute Gasteiger partial charge is 0.291 e. The second kappa shape index (κ2) is 5.57. The number of nitrogens with zero attached hydrogens (tertiary/aromatic N) is 1. The predicted octanol–water partition coefficient (Wildman–Crippen LogP) is 4.26. The van der Waals surface area contributed by atoms with Crippen molar-refractivity contribution in [2.45, 2.75) is 6.92 Å². The zero-order valence-electron chi connectivity index (χ0n) is 11.1. The van der Waals surface area contributed by atoms with E-state index in [-0.39, 0.29) is 11.7 Å². The maximum atomic E-state index is 11.9. The van der Waals surface area contributed by atoms with Crippen molar-refractivity contribution < 1.29 is 13.6 Å². The van der Waals surface area contributed by atoms with Crippen molar-refractivity contribution in [2.75, 3.05) is 5.32 Å². The molecule has 6 heteroatoms. The first-order valence-corrected chi connectivity index (χ1v) is 7.00. The Labute approximate surface area is 129 Å². The van der Waals surface area contributed by atoms with E-state index in [4.69, 9.17) is 8.83 Å². The number of halogens is 1. The summed E-state index contributed by atoms with van der Waals surface area (Å²) in [6.07, 6.45) is 1.60. The van der Waals surface area contributed by atoms with E-state index in [2.05, 4.69) is 26.2 Å². The number of aryl methyl sites for hydroxylation is 1. The van der Waals surface area contributed by atoms with Gasteiger partial charge in [-0.25, -0.2) is 4.98 Å². The minimum atomic E-state index is -0.300. The summed E-state index contributed by atoms with van der Waals surface area (Å²) in [5.41, 5.74) is 2.36. The van der Waals surface area contributed by atoms with Gasteiger partial charge in [-0.3, -0.25) is 4.79 Å². The molecule has 1 aromatic carbocycles. The molecule has 3 aromatic rings. The fourth-order valence-electron chi connectivity index (χ4n) is 1.85. The molecule has 21 heavy (non-hydrogen) atoms. The van der Waals surface area contributed by atoms with Gasteiger partial charge < -0.3 is 14.2 Å². The lowest BCUT2D eigenvalue weighted by Gasteiger charge is -2.03. The van der Waals surface area contributed by atoms with Crippen LogP contribution in [0, 0.1) is 6.92 Å². The molecule has 0 aliphatic rings. The molecule has 5 nitrogen and oxygen atoms in total. The van der Waals surface area contributed by atoms with Crippen LogP contribution in [0.25, 0.3) is 11.3 Å². The first kappa shape index (κ1) is 13.6. The fourth-order valence-corrected chi connectivity index (χ4v) is 2.16. The number of hydrogen-bond acceptors (Lipinski definition) is 4. The third-order valence-corrected chi connectivity index (χ3v) is 3.28. The van der Waals surface area contributed by atoms with Crippen LogP contribution in [0.3, 0.4) is 0 Å². The van der Waals surface area contributed by atoms with Gasteiger partial charge >= 0.3 is 0 Å². The summed E-state index contributed by atoms with van der Waals surface area (Å²) in [6, 6.07) is 10.6. The average Bonchev–Trinajstić information content (AvgIpc) is 3.08. The molecule has 2 heterocycles. The number of aromatic nitrogens is 1. The van der Waals surface area contributed by atoms with Crippen molar-refractivity contribution in [3.63, 3.8) is 0 Å². The Morgan fingerprint density at radius 3 is 2.52 bits per heavy atom. The number of oxazole rings is 1. The van der Waals surface area contributed by atoms with Gasteiger partial charge in [-0.2, -0.15) is 0 Å². The predicted molar refractivity (Wildman–Crippen MR) is 81.0 cm³/mol. The van der Waals surface area contributed by atoms with Gasteiger partial charge in [0.1, 0.15) is 12.0 Å². The molecule has 3 rings (SSSR count). The standard InChI is InChI=1S/C15H11BrN2O3/c1-9-17-12(8-20-9)10-2-4-11(5-3-10)18-15(19)13-6-7-14(16)21-13/h2-8H,1H3,(H,18,19). The summed E-state index contributed by atoms with van der Waals surface area (Å²) in [7, 11) is 0. The lowest BCUT2D eigenvalue weighted by Crippen LogP contribution is -2.10. The highest BCUT2D eigenvalue weighted by Gasteiger charge is 2.11. The van der Waals surface area contributed by atoms with Crippen LogP contribution in [0.4, 0.5) is 5.69 Å². The zero-order chi connectivity index (χ0) is 14.8. The lowest BCUT2D eigenvalue weighted by atomic mass is 10.1. The van der Waals surface area contributed by atoms with Crippen molar-refractivity contribution in [2.24, 2.45) is 0 Å². The van der Waals surface area contributed by atoms with Crippen LogP contribution in [0.5, 0.6) is 0 Å². The van der Waals surface area contributed by atoms with E-state index >= 15 is 0 Å². The van der Waals surface area contributed by atoms with Crippen molar-refractivity contribution in [1.29, 1.82) is 0 Å². The highest BCUT2D eigenvalue weighted by molar-refractivity contribution is 9.10. The van der Waals surface area contributed by atoms with Gasteiger partial charge in [-0.05, 0) is 40.2 Å². The summed E-state index contributed by atoms with van der Waals surface area (Å²) in [5, 5.41) is 2.76. The Morgan fingerprint density at radius 1 is 1.19 bits per heavy atom. The molecule has 106 valence electrons. The number of amides is 1. The van der Waals surface area contributed by atoms with E-state index in [1.807, 2.05) is 12.1 Å². The Balaban J connectivity index is 1.74. The highest BCUT2D eigenvalue weighted by Crippen LogP contribution is 2.21. The Morgan fingerprint density at radius 2 is 1.95 bits per heavy atom. The van der Waals surface area contributed by atoms with Crippen LogP contribution in [0.1, 0.15) is 16.4 Å². The molecule has 0 bridgehead atoms. The van der Waals surface area contributed by atoms with Crippen molar-refractivity contribution >= 4 is 27.5 Å². The molecule has 0 aliphatic heterocycles. The molecule has 0 aliphatic carbocycles. The first-order chi connectivity index (χ1) is 10.1. The molecular weight excluding hydrogens is 336 g/mol. The second-order valence-corrected chi connectivity index (χ2v) is 5.17. The van der Waals surface area contributed by atoms with Crippen LogP contribution >= 0.6 is 15.9 Å². The Bertz CT molecular complexity index is 774. The third kappa shape index (κ3) is 3.05. The Kier molecular flexibility index (Phi) is 3.62. The molecule has 0 unspecified atom stereocenters. The summed E-state index contributed by atoms with van der Waals surface area (Å²) in [5.74, 6) is 0.564. The minimum absolute atomic E-state index is 0.248. The largest absolute Gasteiger partial charge is 0.449 e. The summed E-state index contributed by atoms with van der Waals surface area (Å²) in [6.45, 7) is 1.79. The molecule has 0 saturated heterocycles.